The maximum Gasteiger partial charge on any atom is 0.278 e. The topological polar surface area (TPSA) is 32.7 Å². The van der Waals surface area contributed by atoms with Gasteiger partial charge >= 0.3 is 0 Å². The van der Waals surface area contributed by atoms with Crippen molar-refractivity contribution in [2.24, 2.45) is 4.99 Å². The summed E-state index contributed by atoms with van der Waals surface area (Å²) in [6.07, 6.45) is 3.41. The summed E-state index contributed by atoms with van der Waals surface area (Å²) in [5.74, 6) is -2.24. The van der Waals surface area contributed by atoms with Crippen molar-refractivity contribution < 1.29 is 13.6 Å². The molecule has 0 spiro atoms. The van der Waals surface area contributed by atoms with E-state index in [1.54, 1.807) is 29.2 Å². The Hall–Kier alpha value is -3.08. The summed E-state index contributed by atoms with van der Waals surface area (Å²) in [4.78, 5) is 18.5. The Morgan fingerprint density at radius 1 is 1.12 bits per heavy atom. The van der Waals surface area contributed by atoms with Crippen LogP contribution < -0.4 is 4.90 Å². The van der Waals surface area contributed by atoms with Crippen molar-refractivity contribution in [3.63, 3.8) is 0 Å². The van der Waals surface area contributed by atoms with Crippen molar-refractivity contribution in [2.75, 3.05) is 4.90 Å². The molecule has 134 valence electrons. The van der Waals surface area contributed by atoms with Gasteiger partial charge in [0.15, 0.2) is 11.6 Å². The molecule has 0 bridgehead atoms. The molecule has 5 heteroatoms. The summed E-state index contributed by atoms with van der Waals surface area (Å²) in [5, 5.41) is 0. The van der Waals surface area contributed by atoms with Gasteiger partial charge in [0.05, 0.1) is 17.4 Å². The normalized spacial score (nSPS) is 15.2. The number of nitrogens with zero attached hydrogens (tertiary/aromatic N) is 2. The number of fused-ring (bicyclic) bond motifs is 1. The Balaban J connectivity index is 0.000000758. The Bertz CT molecular complexity index is 874. The molecule has 0 fully saturated rings. The van der Waals surface area contributed by atoms with E-state index < -0.39 is 11.6 Å². The molecule has 1 aliphatic rings. The zero-order chi connectivity index (χ0) is 19.3. The number of carbonyl (C=O) groups is 1. The van der Waals surface area contributed by atoms with Crippen LogP contribution in [0, 0.1) is 11.6 Å². The van der Waals surface area contributed by atoms with Crippen LogP contribution in [0.5, 0.6) is 0 Å². The van der Waals surface area contributed by atoms with Crippen LogP contribution in [0.2, 0.25) is 0 Å². The molecule has 26 heavy (non-hydrogen) atoms. The molecular weight excluding hydrogens is 334 g/mol. The number of aliphatic imine (C=N–C) groups is 1. The minimum absolute atomic E-state index is 0.190. The number of hydrogen-bond acceptors (Lipinski definition) is 2. The average molecular weight is 354 g/mol. The molecule has 0 aromatic heterocycles. The number of allylic oxidation sites excluding steroid dienone is 1. The molecule has 0 radical (unpaired) electrons. The molecule has 2 aromatic rings. The van der Waals surface area contributed by atoms with Crippen molar-refractivity contribution >= 4 is 23.0 Å². The second-order valence-corrected chi connectivity index (χ2v) is 5.64. The zero-order valence-electron chi connectivity index (χ0n) is 14.7. The third-order valence-corrected chi connectivity index (χ3v) is 3.73. The predicted octanol–water partition coefficient (Wildman–Crippen LogP) is 5.20. The number of halogens is 2. The van der Waals surface area contributed by atoms with Crippen molar-refractivity contribution in [1.82, 2.24) is 0 Å². The van der Waals surface area contributed by atoms with E-state index in [1.807, 2.05) is 26.0 Å². The summed E-state index contributed by atoms with van der Waals surface area (Å²) in [5.41, 5.74) is 1.79. The molecule has 0 saturated carbocycles. The number of amides is 1. The minimum Gasteiger partial charge on any atom is -0.300 e. The lowest BCUT2D eigenvalue weighted by molar-refractivity contribution is -0.112. The first-order valence-corrected chi connectivity index (χ1v) is 8.10. The number of carbonyl (C=O) groups excluding carboxylic acids is 1. The van der Waals surface area contributed by atoms with Crippen LogP contribution in [0.25, 0.3) is 0 Å². The molecule has 2 aromatic carbocycles. The van der Waals surface area contributed by atoms with E-state index in [2.05, 4.69) is 18.2 Å². The third-order valence-electron chi connectivity index (χ3n) is 3.73. The average Bonchev–Trinajstić information content (AvgIpc) is 2.90. The maximum atomic E-state index is 13.4. The number of rotatable bonds is 3. The van der Waals surface area contributed by atoms with Crippen LogP contribution in [0.3, 0.4) is 0 Å². The fourth-order valence-corrected chi connectivity index (χ4v) is 2.52. The summed E-state index contributed by atoms with van der Waals surface area (Å²) in [6, 6.07) is 10.3. The molecule has 0 N–H and O–H groups in total. The molecule has 0 aliphatic carbocycles. The van der Waals surface area contributed by atoms with Crippen molar-refractivity contribution in [3.05, 3.63) is 85.0 Å². The first-order chi connectivity index (χ1) is 12.4. The lowest BCUT2D eigenvalue weighted by Gasteiger charge is -2.21. The SMILES string of the molecule is C=CC.C=CC(C)N1C(=O)C(=Nc2ccc(F)c(F)c2)c2ccccc21. The molecule has 1 heterocycles. The van der Waals surface area contributed by atoms with E-state index in [4.69, 9.17) is 0 Å². The molecule has 1 aliphatic heterocycles. The fourth-order valence-electron chi connectivity index (χ4n) is 2.52. The maximum absolute atomic E-state index is 13.4. The van der Waals surface area contributed by atoms with Gasteiger partial charge in [0.1, 0.15) is 5.71 Å². The quantitative estimate of drug-likeness (QED) is 0.698. The Kier molecular flexibility index (Phi) is 6.17. The highest BCUT2D eigenvalue weighted by atomic mass is 19.2. The van der Waals surface area contributed by atoms with Gasteiger partial charge in [-0.15, -0.1) is 13.2 Å². The smallest absolute Gasteiger partial charge is 0.278 e. The lowest BCUT2D eigenvalue weighted by atomic mass is 10.1. The second kappa shape index (κ2) is 8.34. The highest BCUT2D eigenvalue weighted by Crippen LogP contribution is 2.32. The Morgan fingerprint density at radius 3 is 2.38 bits per heavy atom. The first-order valence-electron chi connectivity index (χ1n) is 8.10. The number of benzene rings is 2. The molecular formula is C21H20F2N2O. The zero-order valence-corrected chi connectivity index (χ0v) is 14.7. The van der Waals surface area contributed by atoms with Crippen molar-refractivity contribution in [3.8, 4) is 0 Å². The van der Waals surface area contributed by atoms with E-state index in [9.17, 15) is 13.6 Å². The summed E-state index contributed by atoms with van der Waals surface area (Å²) >= 11 is 0. The van der Waals surface area contributed by atoms with Gasteiger partial charge in [0.25, 0.3) is 5.91 Å². The lowest BCUT2D eigenvalue weighted by Crippen LogP contribution is -2.36. The summed E-state index contributed by atoms with van der Waals surface area (Å²) < 4.78 is 26.4. The van der Waals surface area contributed by atoms with Crippen LogP contribution in [0.15, 0.2) is 72.8 Å². The Morgan fingerprint density at radius 2 is 1.77 bits per heavy atom. The van der Waals surface area contributed by atoms with E-state index in [0.29, 0.717) is 5.56 Å². The van der Waals surface area contributed by atoms with Crippen molar-refractivity contribution in [2.45, 2.75) is 19.9 Å². The number of anilines is 1. The van der Waals surface area contributed by atoms with E-state index >= 15 is 0 Å². The predicted molar refractivity (Wildman–Crippen MR) is 102 cm³/mol. The number of para-hydroxylation sites is 1. The molecule has 1 atom stereocenters. The highest BCUT2D eigenvalue weighted by Gasteiger charge is 2.35. The second-order valence-electron chi connectivity index (χ2n) is 5.64. The van der Waals surface area contributed by atoms with Gasteiger partial charge in [-0.25, -0.2) is 13.8 Å². The summed E-state index contributed by atoms with van der Waals surface area (Å²) in [7, 11) is 0. The summed E-state index contributed by atoms with van der Waals surface area (Å²) in [6.45, 7) is 10.8. The van der Waals surface area contributed by atoms with Crippen LogP contribution in [0.4, 0.5) is 20.2 Å². The third kappa shape index (κ3) is 3.77. The minimum atomic E-state index is -0.998. The van der Waals surface area contributed by atoms with Gasteiger partial charge in [-0.1, -0.05) is 30.4 Å². The highest BCUT2D eigenvalue weighted by molar-refractivity contribution is 6.54. The molecule has 0 saturated heterocycles. The van der Waals surface area contributed by atoms with Gasteiger partial charge in [-0.05, 0) is 32.0 Å². The van der Waals surface area contributed by atoms with Crippen LogP contribution in [-0.2, 0) is 4.79 Å². The molecule has 1 amide bonds. The standard InChI is InChI=1S/C18H14F2N2O.C3H6/c1-3-11(2)22-16-7-5-4-6-13(16)17(18(22)23)21-12-8-9-14(19)15(20)10-12;1-3-2/h3-11H,1H2,2H3;3H,1H2,2H3. The van der Waals surface area contributed by atoms with Crippen LogP contribution in [-0.4, -0.2) is 17.7 Å². The van der Waals surface area contributed by atoms with Gasteiger partial charge < -0.3 is 0 Å². The van der Waals surface area contributed by atoms with Gasteiger partial charge in [0.2, 0.25) is 0 Å². The largest absolute Gasteiger partial charge is 0.300 e. The monoisotopic (exact) mass is 354 g/mol. The Labute approximate surface area is 152 Å². The van der Waals surface area contributed by atoms with E-state index in [1.165, 1.54) is 6.07 Å². The van der Waals surface area contributed by atoms with Gasteiger partial charge in [-0.2, -0.15) is 0 Å². The van der Waals surface area contributed by atoms with Crippen LogP contribution in [0.1, 0.15) is 19.4 Å². The van der Waals surface area contributed by atoms with Gasteiger partial charge in [-0.3, -0.25) is 9.69 Å². The van der Waals surface area contributed by atoms with Gasteiger partial charge in [0, 0.05) is 11.6 Å². The van der Waals surface area contributed by atoms with Crippen molar-refractivity contribution in [1.29, 1.82) is 0 Å². The molecule has 3 rings (SSSR count). The number of hydrogen-bond donors (Lipinski definition) is 0. The molecule has 1 unspecified atom stereocenters. The van der Waals surface area contributed by atoms with E-state index in [0.717, 1.165) is 17.8 Å². The van der Waals surface area contributed by atoms with E-state index in [-0.39, 0.29) is 23.3 Å². The molecule has 3 nitrogen and oxygen atoms in total. The fraction of sp³-hybridized carbons (Fsp3) is 0.143. The first kappa shape index (κ1) is 19.2. The van der Waals surface area contributed by atoms with Crippen LogP contribution >= 0.6 is 0 Å².